The van der Waals surface area contributed by atoms with Gasteiger partial charge in [0.2, 0.25) is 11.5 Å². The summed E-state index contributed by atoms with van der Waals surface area (Å²) >= 11 is 0. The highest BCUT2D eigenvalue weighted by atomic mass is 19.4. The summed E-state index contributed by atoms with van der Waals surface area (Å²) in [7, 11) is 0. The van der Waals surface area contributed by atoms with Gasteiger partial charge in [0.15, 0.2) is 6.10 Å². The number of rotatable bonds is 9. The number of carbonyl (C=O) groups is 4. The van der Waals surface area contributed by atoms with E-state index in [2.05, 4.69) is 5.32 Å². The number of primary amides is 1. The summed E-state index contributed by atoms with van der Waals surface area (Å²) in [6.45, 7) is 3.59. The van der Waals surface area contributed by atoms with E-state index in [4.69, 9.17) is 20.4 Å². The highest BCUT2D eigenvalue weighted by Crippen LogP contribution is 2.38. The number of hydrogen-bond donors (Lipinski definition) is 3. The molecule has 1 atom stereocenters. The average Bonchev–Trinajstić information content (AvgIpc) is 3.05. The molecule has 0 aliphatic carbocycles. The predicted octanol–water partition coefficient (Wildman–Crippen LogP) is 1.90. The lowest BCUT2D eigenvalue weighted by atomic mass is 9.82. The maximum Gasteiger partial charge on any atom is 0.430 e. The Bertz CT molecular complexity index is 1500. The van der Waals surface area contributed by atoms with Crippen molar-refractivity contribution in [3.05, 3.63) is 107 Å². The Hall–Kier alpha value is -4.75. The van der Waals surface area contributed by atoms with Crippen LogP contribution in [0.15, 0.2) is 84.9 Å². The zero-order valence-electron chi connectivity index (χ0n) is 24.7. The Morgan fingerprint density at radius 2 is 1.35 bits per heavy atom. The summed E-state index contributed by atoms with van der Waals surface area (Å²) in [6, 6.07) is 24.3. The van der Waals surface area contributed by atoms with Crippen molar-refractivity contribution < 1.29 is 51.8 Å². The van der Waals surface area contributed by atoms with E-state index < -0.39 is 29.6 Å². The lowest BCUT2D eigenvalue weighted by Gasteiger charge is -2.52. The van der Waals surface area contributed by atoms with Crippen LogP contribution in [0.1, 0.15) is 44.7 Å². The average molecular weight is 642 g/mol. The number of ether oxygens (including phenoxy) is 1. The van der Waals surface area contributed by atoms with Crippen molar-refractivity contribution in [2.45, 2.75) is 30.7 Å². The third-order valence-corrected chi connectivity index (χ3v) is 8.52. The second-order valence-corrected chi connectivity index (χ2v) is 11.4. The minimum atomic E-state index is -5.19. The van der Waals surface area contributed by atoms with E-state index in [1.54, 1.807) is 72.8 Å². The second kappa shape index (κ2) is 14.1. The standard InChI is InChI=1S/C31H33N3O5.C2HF3O2/c32-28(35)25-13-7-8-14-26(25)29(36)33-17-20-34-18-15-22(16-19-34)27(21-34)39-30(37)31(38,23-9-3-1-4-10-23)24-11-5-2-6-12-24;3-2(4,5)1(6)7/h1-14,22,27,38H,15-21H2,(H2-,32,33,35,36);(H,6,7)/t22?,27-,34?;/m0./s1. The highest BCUT2D eigenvalue weighted by molar-refractivity contribution is 6.06. The number of amides is 2. The van der Waals surface area contributed by atoms with Crippen LogP contribution in [0.25, 0.3) is 0 Å². The highest BCUT2D eigenvalue weighted by Gasteiger charge is 2.50. The first-order valence-corrected chi connectivity index (χ1v) is 14.6. The Morgan fingerprint density at radius 3 is 1.83 bits per heavy atom. The molecule has 3 aromatic rings. The zero-order chi connectivity index (χ0) is 33.5. The van der Waals surface area contributed by atoms with E-state index in [-0.39, 0.29) is 29.1 Å². The number of aliphatic carboxylic acids is 1. The molecule has 0 radical (unpaired) electrons. The first-order chi connectivity index (χ1) is 21.8. The van der Waals surface area contributed by atoms with E-state index in [9.17, 15) is 32.7 Å². The Morgan fingerprint density at radius 1 is 0.870 bits per heavy atom. The molecule has 3 fully saturated rings. The van der Waals surface area contributed by atoms with Crippen molar-refractivity contribution in [1.29, 1.82) is 0 Å². The smallest absolute Gasteiger partial charge is 0.430 e. The molecule has 3 heterocycles. The van der Waals surface area contributed by atoms with Gasteiger partial charge in [0, 0.05) is 18.8 Å². The largest absolute Gasteiger partial charge is 0.542 e. The van der Waals surface area contributed by atoms with Gasteiger partial charge < -0.3 is 35.3 Å². The summed E-state index contributed by atoms with van der Waals surface area (Å²) in [5, 5.41) is 23.5. The van der Waals surface area contributed by atoms with Crippen LogP contribution in [0.2, 0.25) is 0 Å². The molecule has 2 bridgehead atoms. The van der Waals surface area contributed by atoms with Gasteiger partial charge in [0.05, 0.1) is 37.3 Å². The molecule has 0 saturated carbocycles. The molecule has 3 saturated heterocycles. The molecule has 6 rings (SSSR count). The summed E-state index contributed by atoms with van der Waals surface area (Å²) < 4.78 is 38.4. The first kappa shape index (κ1) is 34.1. The van der Waals surface area contributed by atoms with Gasteiger partial charge in [0.25, 0.3) is 5.91 Å². The number of fused-ring (bicyclic) bond motifs is 3. The van der Waals surface area contributed by atoms with Crippen molar-refractivity contribution in [2.75, 3.05) is 32.7 Å². The third-order valence-electron chi connectivity index (χ3n) is 8.52. The number of nitrogens with zero attached hydrogens (tertiary/aromatic N) is 1. The number of hydrogen-bond acceptors (Lipinski definition) is 7. The van der Waals surface area contributed by atoms with Crippen LogP contribution in [0, 0.1) is 5.92 Å². The number of piperidine rings is 3. The molecular formula is C33H34F3N3O7. The number of carboxylic acids is 1. The van der Waals surface area contributed by atoms with Crippen LogP contribution in [-0.4, -0.2) is 78.3 Å². The topological polar surface area (TPSA) is 159 Å². The molecule has 46 heavy (non-hydrogen) atoms. The number of carboxylic acid groups (broad SMARTS) is 1. The van der Waals surface area contributed by atoms with Gasteiger partial charge in [-0.25, -0.2) is 4.79 Å². The van der Waals surface area contributed by atoms with E-state index >= 15 is 0 Å². The van der Waals surface area contributed by atoms with Crippen LogP contribution < -0.4 is 16.2 Å². The molecule has 13 heteroatoms. The van der Waals surface area contributed by atoms with Gasteiger partial charge >= 0.3 is 12.1 Å². The van der Waals surface area contributed by atoms with Crippen LogP contribution in [-0.2, 0) is 19.9 Å². The number of nitrogens with one attached hydrogen (secondary N) is 1. The quantitative estimate of drug-likeness (QED) is 0.238. The molecule has 3 aromatic carbocycles. The van der Waals surface area contributed by atoms with Crippen LogP contribution >= 0.6 is 0 Å². The predicted molar refractivity (Wildman–Crippen MR) is 157 cm³/mol. The molecule has 10 nitrogen and oxygen atoms in total. The normalized spacial score (nSPS) is 20.5. The van der Waals surface area contributed by atoms with Gasteiger partial charge in [0.1, 0.15) is 12.5 Å². The minimum Gasteiger partial charge on any atom is -0.542 e. The van der Waals surface area contributed by atoms with Gasteiger partial charge in [-0.1, -0.05) is 72.8 Å². The second-order valence-electron chi connectivity index (χ2n) is 11.4. The zero-order valence-corrected chi connectivity index (χ0v) is 24.7. The maximum atomic E-state index is 13.7. The number of halogens is 3. The van der Waals surface area contributed by atoms with Gasteiger partial charge in [-0.05, 0) is 23.3 Å². The number of quaternary nitrogens is 1. The van der Waals surface area contributed by atoms with Gasteiger partial charge in [-0.3, -0.25) is 9.59 Å². The van der Waals surface area contributed by atoms with Crippen LogP contribution in [0.4, 0.5) is 13.2 Å². The lowest BCUT2D eigenvalue weighted by Crippen LogP contribution is -2.66. The van der Waals surface area contributed by atoms with Crippen LogP contribution in [0.5, 0.6) is 0 Å². The minimum absolute atomic E-state index is 0.192. The fourth-order valence-corrected chi connectivity index (χ4v) is 6.05. The first-order valence-electron chi connectivity index (χ1n) is 14.6. The molecule has 3 aliphatic heterocycles. The van der Waals surface area contributed by atoms with Gasteiger partial charge in [-0.15, -0.1) is 0 Å². The van der Waals surface area contributed by atoms with E-state index in [1.165, 1.54) is 0 Å². The van der Waals surface area contributed by atoms with E-state index in [0.717, 1.165) is 30.4 Å². The Labute approximate surface area is 263 Å². The molecular weight excluding hydrogens is 607 g/mol. The van der Waals surface area contributed by atoms with Crippen molar-refractivity contribution in [3.8, 4) is 0 Å². The summed E-state index contributed by atoms with van der Waals surface area (Å²) in [5.74, 6) is -4.42. The molecule has 2 amide bonds. The summed E-state index contributed by atoms with van der Waals surface area (Å²) in [4.78, 5) is 47.0. The maximum absolute atomic E-state index is 13.7. The molecule has 4 N–H and O–H groups in total. The number of carbonyl (C=O) groups excluding carboxylic acids is 4. The van der Waals surface area contributed by atoms with Crippen molar-refractivity contribution >= 4 is 23.8 Å². The molecule has 3 aliphatic rings. The molecule has 244 valence electrons. The molecule has 0 spiro atoms. The fourth-order valence-electron chi connectivity index (χ4n) is 6.05. The number of nitrogens with two attached hydrogens (primary N) is 1. The van der Waals surface area contributed by atoms with E-state index in [0.29, 0.717) is 30.8 Å². The summed E-state index contributed by atoms with van der Waals surface area (Å²) in [5.41, 5.74) is 4.89. The third kappa shape index (κ3) is 7.72. The summed E-state index contributed by atoms with van der Waals surface area (Å²) in [6.07, 6.45) is -3.71. The Kier molecular flexibility index (Phi) is 10.5. The Balaban J connectivity index is 0.000000617. The van der Waals surface area contributed by atoms with E-state index in [1.807, 2.05) is 12.1 Å². The SMILES string of the molecule is NC(=O)c1ccccc1C(=O)NCC[N+]12CCC(CC1)[C@@H](OC(=O)C(O)(c1ccccc1)c1ccccc1)C2.O=C([O-])C(F)(F)F. The fraction of sp³-hybridized carbons (Fsp3) is 0.333. The van der Waals surface area contributed by atoms with Crippen LogP contribution in [0.3, 0.4) is 0 Å². The lowest BCUT2D eigenvalue weighted by molar-refractivity contribution is -0.945. The van der Waals surface area contributed by atoms with Crippen molar-refractivity contribution in [2.24, 2.45) is 11.7 Å². The number of esters is 1. The van der Waals surface area contributed by atoms with Crippen molar-refractivity contribution in [3.63, 3.8) is 0 Å². The van der Waals surface area contributed by atoms with Gasteiger partial charge in [-0.2, -0.15) is 13.2 Å². The van der Waals surface area contributed by atoms with Crippen molar-refractivity contribution in [1.82, 2.24) is 5.32 Å². The monoisotopic (exact) mass is 641 g/mol. The number of alkyl halides is 3. The molecule has 0 aromatic heterocycles. The molecule has 0 unspecified atom stereocenters. The number of aliphatic hydroxyl groups is 1. The number of benzene rings is 3.